The number of aliphatic hydroxyl groups excluding tert-OH is 3. The van der Waals surface area contributed by atoms with Crippen molar-refractivity contribution >= 4 is 17.6 Å². The van der Waals surface area contributed by atoms with E-state index in [1.54, 1.807) is 0 Å². The minimum atomic E-state index is -1.49. The van der Waals surface area contributed by atoms with Crippen molar-refractivity contribution in [2.75, 3.05) is 26.1 Å². The molecule has 1 rings (SSSR count). The number of alkyl halides is 1. The lowest BCUT2D eigenvalue weighted by molar-refractivity contribution is -0.288. The highest BCUT2D eigenvalue weighted by molar-refractivity contribution is 6.18. The molecule has 1 heterocycles. The second-order valence-corrected chi connectivity index (χ2v) is 4.71. The summed E-state index contributed by atoms with van der Waals surface area (Å²) in [5.74, 6) is 0.0262. The number of nitrogens with zero attached hydrogens (tertiary/aromatic N) is 2. The third kappa shape index (κ3) is 4.46. The number of nitrogens with one attached hydrogen (secondary N) is 1. The monoisotopic (exact) mass is 327 g/mol. The first kappa shape index (κ1) is 18.0. The molecule has 1 fully saturated rings. The number of carbonyl (C=O) groups excluding carboxylic acids is 1. The summed E-state index contributed by atoms with van der Waals surface area (Å²) in [4.78, 5) is 22.0. The smallest absolute Gasteiger partial charge is 0.340 e. The van der Waals surface area contributed by atoms with Crippen molar-refractivity contribution in [3.63, 3.8) is 0 Å². The van der Waals surface area contributed by atoms with Crippen LogP contribution in [-0.2, 0) is 9.47 Å². The van der Waals surface area contributed by atoms with Gasteiger partial charge in [0, 0.05) is 19.5 Å². The SMILES string of the molecule is CO[C@H]1OC(CNC(=O)N(CCCl)N=O)[C@@H](O)C(O)C1O. The van der Waals surface area contributed by atoms with Gasteiger partial charge in [0.2, 0.25) is 0 Å². The number of hydrogen-bond acceptors (Lipinski definition) is 8. The molecule has 4 N–H and O–H groups in total. The predicted molar refractivity (Wildman–Crippen MR) is 70.3 cm³/mol. The zero-order valence-electron chi connectivity index (χ0n) is 11.3. The van der Waals surface area contributed by atoms with Gasteiger partial charge >= 0.3 is 6.03 Å². The van der Waals surface area contributed by atoms with Gasteiger partial charge in [-0.1, -0.05) is 0 Å². The maximum atomic E-state index is 11.6. The van der Waals surface area contributed by atoms with Crippen LogP contribution in [0, 0.1) is 4.91 Å². The summed E-state index contributed by atoms with van der Waals surface area (Å²) >= 11 is 5.40. The summed E-state index contributed by atoms with van der Waals surface area (Å²) < 4.78 is 10.0. The van der Waals surface area contributed by atoms with Gasteiger partial charge in [0.15, 0.2) is 6.29 Å². The zero-order valence-corrected chi connectivity index (χ0v) is 12.0. The van der Waals surface area contributed by atoms with E-state index in [1.165, 1.54) is 7.11 Å². The lowest BCUT2D eigenvalue weighted by Gasteiger charge is -2.39. The first-order valence-corrected chi connectivity index (χ1v) is 6.66. The lowest BCUT2D eigenvalue weighted by Crippen LogP contribution is -2.60. The van der Waals surface area contributed by atoms with Gasteiger partial charge in [-0.2, -0.15) is 5.01 Å². The van der Waals surface area contributed by atoms with Gasteiger partial charge in [-0.3, -0.25) is 0 Å². The predicted octanol–water partition coefficient (Wildman–Crippen LogP) is -1.63. The Balaban J connectivity index is 2.57. The molecule has 3 unspecified atom stereocenters. The van der Waals surface area contributed by atoms with Gasteiger partial charge in [0.25, 0.3) is 0 Å². The summed E-state index contributed by atoms with van der Waals surface area (Å²) in [6.07, 6.45) is -6.51. The maximum Gasteiger partial charge on any atom is 0.340 e. The van der Waals surface area contributed by atoms with Crippen LogP contribution in [0.2, 0.25) is 0 Å². The molecule has 0 aromatic carbocycles. The standard InChI is InChI=1S/C10H18ClN3O7/c1-20-9-8(17)7(16)6(15)5(21-9)4-12-10(18)14(13-19)3-2-11/h5-9,15-17H,2-4H2,1H3,(H,12,18)/t5?,6-,7?,8?,9+/m1/s1. The number of nitroso groups, excluding NO2 is 1. The Morgan fingerprint density at radius 1 is 1.38 bits per heavy atom. The Bertz CT molecular complexity index is 360. The molecule has 21 heavy (non-hydrogen) atoms. The highest BCUT2D eigenvalue weighted by Gasteiger charge is 2.43. The van der Waals surface area contributed by atoms with Crippen LogP contribution in [0.3, 0.4) is 0 Å². The average molecular weight is 328 g/mol. The number of ether oxygens (including phenoxy) is 2. The highest BCUT2D eigenvalue weighted by Crippen LogP contribution is 2.21. The largest absolute Gasteiger partial charge is 0.388 e. The summed E-state index contributed by atoms with van der Waals surface area (Å²) in [6, 6.07) is -0.823. The molecule has 5 atom stereocenters. The maximum absolute atomic E-state index is 11.6. The van der Waals surface area contributed by atoms with Crippen molar-refractivity contribution in [1.82, 2.24) is 10.3 Å². The number of hydrogen-bond donors (Lipinski definition) is 4. The lowest BCUT2D eigenvalue weighted by atomic mass is 9.99. The van der Waals surface area contributed by atoms with E-state index in [-0.39, 0.29) is 19.0 Å². The van der Waals surface area contributed by atoms with Gasteiger partial charge < -0.3 is 30.1 Å². The zero-order chi connectivity index (χ0) is 16.0. The van der Waals surface area contributed by atoms with Crippen molar-refractivity contribution in [3.05, 3.63) is 4.91 Å². The number of urea groups is 1. The minimum Gasteiger partial charge on any atom is -0.388 e. The third-order valence-electron chi connectivity index (χ3n) is 2.98. The van der Waals surface area contributed by atoms with Crippen LogP contribution in [-0.4, -0.2) is 83.1 Å². The summed E-state index contributed by atoms with van der Waals surface area (Å²) in [5.41, 5.74) is 0. The van der Waals surface area contributed by atoms with E-state index in [0.29, 0.717) is 5.01 Å². The first-order valence-electron chi connectivity index (χ1n) is 6.13. The molecule has 1 aliphatic heterocycles. The van der Waals surface area contributed by atoms with Crippen LogP contribution in [0.25, 0.3) is 0 Å². The number of halogens is 1. The number of aliphatic hydroxyl groups is 3. The van der Waals surface area contributed by atoms with Crippen molar-refractivity contribution < 1.29 is 29.6 Å². The first-order chi connectivity index (χ1) is 9.96. The van der Waals surface area contributed by atoms with Crippen LogP contribution in [0.1, 0.15) is 0 Å². The van der Waals surface area contributed by atoms with Crippen molar-refractivity contribution in [2.24, 2.45) is 5.29 Å². The summed E-state index contributed by atoms with van der Waals surface area (Å²) in [6.45, 7) is -0.301. The highest BCUT2D eigenvalue weighted by atomic mass is 35.5. The van der Waals surface area contributed by atoms with E-state index in [0.717, 1.165) is 0 Å². The van der Waals surface area contributed by atoms with Gasteiger partial charge in [0.1, 0.15) is 24.4 Å². The van der Waals surface area contributed by atoms with Crippen molar-refractivity contribution in [1.29, 1.82) is 0 Å². The molecule has 1 aliphatic rings. The van der Waals surface area contributed by atoms with Crippen LogP contribution >= 0.6 is 11.6 Å². The molecule has 122 valence electrons. The molecule has 2 amide bonds. The fourth-order valence-electron chi connectivity index (χ4n) is 1.82. The molecular weight excluding hydrogens is 310 g/mol. The molecule has 10 nitrogen and oxygen atoms in total. The van der Waals surface area contributed by atoms with Crippen LogP contribution < -0.4 is 5.32 Å². The summed E-state index contributed by atoms with van der Waals surface area (Å²) in [7, 11) is 1.26. The Labute approximate surface area is 125 Å². The Morgan fingerprint density at radius 3 is 2.57 bits per heavy atom. The number of carbonyl (C=O) groups is 1. The molecule has 11 heteroatoms. The van der Waals surface area contributed by atoms with Crippen LogP contribution in [0.4, 0.5) is 4.79 Å². The quantitative estimate of drug-likeness (QED) is 0.261. The molecule has 0 aromatic heterocycles. The number of rotatable bonds is 6. The fourth-order valence-corrected chi connectivity index (χ4v) is 1.98. The van der Waals surface area contributed by atoms with E-state index < -0.39 is 36.7 Å². The summed E-state index contributed by atoms with van der Waals surface area (Å²) in [5, 5.41) is 34.4. The second kappa shape index (κ2) is 8.41. The molecule has 0 saturated carbocycles. The third-order valence-corrected chi connectivity index (χ3v) is 3.15. The van der Waals surface area contributed by atoms with E-state index in [1.807, 2.05) is 0 Å². The molecule has 0 bridgehead atoms. The van der Waals surface area contributed by atoms with Crippen molar-refractivity contribution in [2.45, 2.75) is 30.7 Å². The molecule has 1 saturated heterocycles. The Hall–Kier alpha value is -1.04. The Kier molecular flexibility index (Phi) is 7.22. The normalized spacial score (nSPS) is 32.5. The van der Waals surface area contributed by atoms with Crippen LogP contribution in [0.15, 0.2) is 5.29 Å². The van der Waals surface area contributed by atoms with Crippen molar-refractivity contribution in [3.8, 4) is 0 Å². The molecule has 0 aliphatic carbocycles. The minimum absolute atomic E-state index is 0.0262. The molecule has 0 aromatic rings. The fraction of sp³-hybridized carbons (Fsp3) is 0.900. The number of amides is 2. The topological polar surface area (TPSA) is 141 Å². The van der Waals surface area contributed by atoms with E-state index in [4.69, 9.17) is 21.1 Å². The molecule has 0 radical (unpaired) electrons. The van der Waals surface area contributed by atoms with Crippen LogP contribution in [0.5, 0.6) is 0 Å². The van der Waals surface area contributed by atoms with Gasteiger partial charge in [-0.25, -0.2) is 4.79 Å². The average Bonchev–Trinajstić information content (AvgIpc) is 2.49. The van der Waals surface area contributed by atoms with E-state index in [2.05, 4.69) is 10.6 Å². The second-order valence-electron chi connectivity index (χ2n) is 4.33. The number of methoxy groups -OCH3 is 1. The Morgan fingerprint density at radius 2 is 2.05 bits per heavy atom. The van der Waals surface area contributed by atoms with Gasteiger partial charge in [-0.05, 0) is 0 Å². The molecule has 0 spiro atoms. The van der Waals surface area contributed by atoms with E-state index >= 15 is 0 Å². The van der Waals surface area contributed by atoms with E-state index in [9.17, 15) is 25.0 Å². The van der Waals surface area contributed by atoms with Gasteiger partial charge in [-0.15, -0.1) is 16.5 Å². The van der Waals surface area contributed by atoms with Gasteiger partial charge in [0.05, 0.1) is 11.8 Å². The molecular formula is C10H18ClN3O7.